The molecule has 170 valence electrons. The number of hydrogen-bond acceptors (Lipinski definition) is 6. The molecule has 0 aromatic heterocycles. The maximum absolute atomic E-state index is 12.7. The van der Waals surface area contributed by atoms with E-state index >= 15 is 0 Å². The van der Waals surface area contributed by atoms with Crippen LogP contribution >= 0.6 is 11.6 Å². The van der Waals surface area contributed by atoms with Gasteiger partial charge >= 0.3 is 0 Å². The zero-order chi connectivity index (χ0) is 23.2. The molecule has 0 radical (unpaired) electrons. The molecule has 10 heteroatoms. The third-order valence-electron chi connectivity index (χ3n) is 4.44. The maximum Gasteiger partial charge on any atom is 0.264 e. The summed E-state index contributed by atoms with van der Waals surface area (Å²) in [5.74, 6) is 0.785. The molecule has 0 aliphatic heterocycles. The van der Waals surface area contributed by atoms with Crippen molar-refractivity contribution in [3.05, 3.63) is 47.0 Å². The molecular formula is C21H27ClN2O6S. The second-order valence-corrected chi connectivity index (χ2v) is 9.44. The Balaban J connectivity index is 2.17. The molecular weight excluding hydrogens is 444 g/mol. The van der Waals surface area contributed by atoms with E-state index in [1.165, 1.54) is 57.7 Å². The summed E-state index contributed by atoms with van der Waals surface area (Å²) in [6.45, 7) is 4.66. The molecule has 2 rings (SSSR count). The molecule has 0 bridgehead atoms. The number of carbonyl (C=O) groups is 1. The van der Waals surface area contributed by atoms with Crippen LogP contribution in [0.25, 0.3) is 0 Å². The van der Waals surface area contributed by atoms with Gasteiger partial charge in [0, 0.05) is 18.3 Å². The number of rotatable bonds is 10. The monoisotopic (exact) mass is 470 g/mol. The van der Waals surface area contributed by atoms with Gasteiger partial charge in [-0.15, -0.1) is 0 Å². The largest absolute Gasteiger partial charge is 0.493 e. The summed E-state index contributed by atoms with van der Waals surface area (Å²) in [4.78, 5) is 17.4. The fourth-order valence-electron chi connectivity index (χ4n) is 2.55. The first-order valence-electron chi connectivity index (χ1n) is 9.55. The Morgan fingerprint density at radius 2 is 1.81 bits per heavy atom. The summed E-state index contributed by atoms with van der Waals surface area (Å²) in [5.41, 5.74) is 0.685. The van der Waals surface area contributed by atoms with E-state index in [4.69, 9.17) is 25.9 Å². The predicted molar refractivity (Wildman–Crippen MR) is 119 cm³/mol. The molecule has 0 aliphatic carbocycles. The number of carbonyl (C=O) groups excluding carboxylic acids is 1. The van der Waals surface area contributed by atoms with Gasteiger partial charge < -0.3 is 14.8 Å². The number of anilines is 1. The standard InChI is InChI=1S/C21H27ClN2O6S/c1-14(2)10-11-30-20-18(22)12-15(13-19(20)28-4)21(25)23-16-6-8-17(9-7-16)31(26,27)24(3)29-5/h6-9,12-14H,10-11H2,1-5H3,(H,23,25). The average Bonchev–Trinajstić information content (AvgIpc) is 2.73. The normalized spacial score (nSPS) is 11.6. The van der Waals surface area contributed by atoms with Gasteiger partial charge in [0.2, 0.25) is 0 Å². The van der Waals surface area contributed by atoms with Crippen LogP contribution in [0.5, 0.6) is 11.5 Å². The van der Waals surface area contributed by atoms with Gasteiger partial charge in [0.1, 0.15) is 0 Å². The van der Waals surface area contributed by atoms with Crippen LogP contribution in [0.1, 0.15) is 30.6 Å². The minimum Gasteiger partial charge on any atom is -0.493 e. The first-order valence-corrected chi connectivity index (χ1v) is 11.4. The second-order valence-electron chi connectivity index (χ2n) is 7.10. The zero-order valence-corrected chi connectivity index (χ0v) is 19.7. The molecule has 0 atom stereocenters. The van der Waals surface area contributed by atoms with E-state index in [-0.39, 0.29) is 15.5 Å². The summed E-state index contributed by atoms with van der Waals surface area (Å²) in [7, 11) is 0.249. The van der Waals surface area contributed by atoms with Gasteiger partial charge in [0.25, 0.3) is 15.9 Å². The van der Waals surface area contributed by atoms with E-state index in [0.717, 1.165) is 10.9 Å². The van der Waals surface area contributed by atoms with Gasteiger partial charge in [-0.25, -0.2) is 8.42 Å². The number of amides is 1. The Morgan fingerprint density at radius 1 is 1.16 bits per heavy atom. The number of ether oxygens (including phenoxy) is 2. The van der Waals surface area contributed by atoms with Gasteiger partial charge in [-0.05, 0) is 48.7 Å². The van der Waals surface area contributed by atoms with E-state index in [1.807, 2.05) is 0 Å². The number of nitrogens with zero attached hydrogens (tertiary/aromatic N) is 1. The molecule has 0 aliphatic rings. The molecule has 0 spiro atoms. The van der Waals surface area contributed by atoms with Crippen molar-refractivity contribution in [2.75, 3.05) is 33.2 Å². The van der Waals surface area contributed by atoms with Gasteiger partial charge in [-0.3, -0.25) is 9.63 Å². The van der Waals surface area contributed by atoms with Crippen LogP contribution in [0.15, 0.2) is 41.3 Å². The summed E-state index contributed by atoms with van der Waals surface area (Å²) < 4.78 is 36.3. The summed E-state index contributed by atoms with van der Waals surface area (Å²) in [5, 5.41) is 2.96. The number of hydroxylamine groups is 1. The van der Waals surface area contributed by atoms with Gasteiger partial charge in [-0.1, -0.05) is 29.9 Å². The van der Waals surface area contributed by atoms with Crippen molar-refractivity contribution >= 4 is 33.2 Å². The third-order valence-corrected chi connectivity index (χ3v) is 6.41. The van der Waals surface area contributed by atoms with E-state index in [9.17, 15) is 13.2 Å². The van der Waals surface area contributed by atoms with Crippen molar-refractivity contribution < 1.29 is 27.5 Å². The third kappa shape index (κ3) is 6.33. The van der Waals surface area contributed by atoms with Crippen LogP contribution in [-0.4, -0.2) is 46.7 Å². The molecule has 0 heterocycles. The lowest BCUT2D eigenvalue weighted by molar-refractivity contribution is -0.0258. The summed E-state index contributed by atoms with van der Waals surface area (Å²) >= 11 is 6.32. The lowest BCUT2D eigenvalue weighted by Gasteiger charge is -2.15. The second kappa shape index (κ2) is 10.8. The first-order chi connectivity index (χ1) is 14.6. The molecule has 0 fully saturated rings. The van der Waals surface area contributed by atoms with Crippen LogP contribution in [-0.2, 0) is 14.9 Å². The molecule has 31 heavy (non-hydrogen) atoms. The Labute approximate surface area is 188 Å². The van der Waals surface area contributed by atoms with Crippen molar-refractivity contribution in [1.82, 2.24) is 4.47 Å². The highest BCUT2D eigenvalue weighted by Gasteiger charge is 2.21. The van der Waals surface area contributed by atoms with E-state index in [1.54, 1.807) is 0 Å². The molecule has 0 unspecified atom stereocenters. The van der Waals surface area contributed by atoms with E-state index in [2.05, 4.69) is 19.2 Å². The topological polar surface area (TPSA) is 94.2 Å². The van der Waals surface area contributed by atoms with E-state index < -0.39 is 15.9 Å². The van der Waals surface area contributed by atoms with Gasteiger partial charge in [0.05, 0.1) is 30.7 Å². The SMILES string of the molecule is COc1cc(C(=O)Nc2ccc(S(=O)(=O)N(C)OC)cc2)cc(Cl)c1OCCC(C)C. The molecule has 8 nitrogen and oxygen atoms in total. The predicted octanol–water partition coefficient (Wildman–Crippen LogP) is 4.21. The van der Waals surface area contributed by atoms with Crippen molar-refractivity contribution in [2.45, 2.75) is 25.2 Å². The number of nitrogens with one attached hydrogen (secondary N) is 1. The Hall–Kier alpha value is -2.33. The average molecular weight is 471 g/mol. The van der Waals surface area contributed by atoms with Crippen LogP contribution < -0.4 is 14.8 Å². The van der Waals surface area contributed by atoms with Crippen LogP contribution in [0, 0.1) is 5.92 Å². The minimum atomic E-state index is -3.77. The van der Waals surface area contributed by atoms with E-state index in [0.29, 0.717) is 29.7 Å². The zero-order valence-electron chi connectivity index (χ0n) is 18.1. The maximum atomic E-state index is 12.7. The molecule has 1 N–H and O–H groups in total. The summed E-state index contributed by atoms with van der Waals surface area (Å²) in [6, 6.07) is 8.75. The molecule has 2 aromatic rings. The van der Waals surface area contributed by atoms with Crippen molar-refractivity contribution in [3.8, 4) is 11.5 Å². The number of halogens is 1. The smallest absolute Gasteiger partial charge is 0.264 e. The van der Waals surface area contributed by atoms with Crippen LogP contribution in [0.3, 0.4) is 0 Å². The molecule has 2 aromatic carbocycles. The van der Waals surface area contributed by atoms with Crippen molar-refractivity contribution in [3.63, 3.8) is 0 Å². The quantitative estimate of drug-likeness (QED) is 0.523. The van der Waals surface area contributed by atoms with Crippen molar-refractivity contribution in [2.24, 2.45) is 5.92 Å². The lowest BCUT2D eigenvalue weighted by atomic mass is 10.1. The molecule has 1 amide bonds. The molecule has 0 saturated carbocycles. The van der Waals surface area contributed by atoms with Crippen LogP contribution in [0.2, 0.25) is 5.02 Å². The number of benzene rings is 2. The summed E-state index contributed by atoms with van der Waals surface area (Å²) in [6.07, 6.45) is 0.855. The highest BCUT2D eigenvalue weighted by Crippen LogP contribution is 2.37. The lowest BCUT2D eigenvalue weighted by Crippen LogP contribution is -2.25. The van der Waals surface area contributed by atoms with Crippen LogP contribution in [0.4, 0.5) is 5.69 Å². The van der Waals surface area contributed by atoms with Crippen molar-refractivity contribution in [1.29, 1.82) is 0 Å². The fraction of sp³-hybridized carbons (Fsp3) is 0.381. The highest BCUT2D eigenvalue weighted by atomic mass is 35.5. The van der Waals surface area contributed by atoms with Gasteiger partial charge in [-0.2, -0.15) is 0 Å². The Bertz CT molecular complexity index is 1010. The Kier molecular flexibility index (Phi) is 8.69. The number of methoxy groups -OCH3 is 1. The Morgan fingerprint density at radius 3 is 2.35 bits per heavy atom. The molecule has 0 saturated heterocycles. The minimum absolute atomic E-state index is 0.0301. The fourth-order valence-corrected chi connectivity index (χ4v) is 3.79. The first kappa shape index (κ1) is 24.9. The highest BCUT2D eigenvalue weighted by molar-refractivity contribution is 7.89. The number of sulfonamides is 1. The number of hydrogen-bond donors (Lipinski definition) is 1. The van der Waals surface area contributed by atoms with Gasteiger partial charge in [0.15, 0.2) is 11.5 Å².